The summed E-state index contributed by atoms with van der Waals surface area (Å²) < 4.78 is 27.3. The topological polar surface area (TPSA) is 83.5 Å². The van der Waals surface area contributed by atoms with Crippen molar-refractivity contribution >= 4 is 5.97 Å². The Morgan fingerprint density at radius 2 is 1.52 bits per heavy atom. The van der Waals surface area contributed by atoms with Crippen molar-refractivity contribution in [3.05, 3.63) is 11.1 Å². The first-order valence-corrected chi connectivity index (χ1v) is 6.95. The van der Waals surface area contributed by atoms with E-state index >= 15 is 0 Å². The molecule has 0 radical (unpaired) electrons. The van der Waals surface area contributed by atoms with E-state index in [4.69, 9.17) is 23.7 Å². The number of hydrogen-bond donors (Lipinski definition) is 1. The highest BCUT2D eigenvalue weighted by atomic mass is 16.8. The Balaban J connectivity index is 1.91. The maximum absolute atomic E-state index is 12.0. The molecule has 0 aromatic rings. The summed E-state index contributed by atoms with van der Waals surface area (Å²) in [7, 11) is 0. The Morgan fingerprint density at radius 1 is 1.00 bits per heavy atom. The van der Waals surface area contributed by atoms with E-state index in [-0.39, 0.29) is 18.8 Å². The van der Waals surface area contributed by atoms with Gasteiger partial charge in [-0.1, -0.05) is 0 Å². The first-order valence-electron chi connectivity index (χ1n) is 6.95. The van der Waals surface area contributed by atoms with Gasteiger partial charge >= 0.3 is 5.97 Å². The van der Waals surface area contributed by atoms with Gasteiger partial charge < -0.3 is 28.8 Å². The zero-order chi connectivity index (χ0) is 15.4. The smallest absolute Gasteiger partial charge is 0.339 e. The Labute approximate surface area is 122 Å². The van der Waals surface area contributed by atoms with Crippen LogP contribution in [0.3, 0.4) is 0 Å². The third kappa shape index (κ3) is 2.72. The second kappa shape index (κ2) is 4.76. The molecule has 3 heterocycles. The van der Waals surface area contributed by atoms with Gasteiger partial charge in [-0.2, -0.15) is 0 Å². The predicted octanol–water partition coefficient (Wildman–Crippen LogP) is 0.461. The molecule has 0 aliphatic carbocycles. The maximum atomic E-state index is 12.0. The molecule has 0 saturated carbocycles. The first kappa shape index (κ1) is 14.9. The van der Waals surface area contributed by atoms with E-state index in [1.165, 1.54) is 0 Å². The highest BCUT2D eigenvalue weighted by Gasteiger charge is 2.48. The average molecular weight is 300 g/mol. The normalized spacial score (nSPS) is 38.1. The van der Waals surface area contributed by atoms with Crippen LogP contribution in [-0.2, 0) is 28.5 Å². The molecule has 3 aliphatic rings. The number of aliphatic hydroxyl groups is 1. The molecule has 2 fully saturated rings. The molecule has 0 aromatic heterocycles. The van der Waals surface area contributed by atoms with Crippen molar-refractivity contribution < 1.29 is 33.6 Å². The lowest BCUT2D eigenvalue weighted by Gasteiger charge is -2.20. The number of ether oxygens (including phenoxy) is 5. The molecule has 21 heavy (non-hydrogen) atoms. The van der Waals surface area contributed by atoms with Crippen LogP contribution in [-0.4, -0.2) is 54.4 Å². The molecule has 3 atom stereocenters. The third-order valence-corrected chi connectivity index (χ3v) is 3.70. The highest BCUT2D eigenvalue weighted by molar-refractivity contribution is 5.93. The molecule has 7 nitrogen and oxygen atoms in total. The Morgan fingerprint density at radius 3 is 2.00 bits per heavy atom. The lowest BCUT2D eigenvalue weighted by atomic mass is 10.0. The number of carbonyl (C=O) groups is 1. The summed E-state index contributed by atoms with van der Waals surface area (Å²) in [4.78, 5) is 12.0. The summed E-state index contributed by atoms with van der Waals surface area (Å²) in [6.07, 6.45) is -2.45. The van der Waals surface area contributed by atoms with Crippen molar-refractivity contribution in [2.45, 2.75) is 57.8 Å². The van der Waals surface area contributed by atoms with Gasteiger partial charge in [-0.3, -0.25) is 0 Å². The molecular weight excluding hydrogens is 280 g/mol. The van der Waals surface area contributed by atoms with Crippen molar-refractivity contribution in [3.8, 4) is 0 Å². The van der Waals surface area contributed by atoms with E-state index in [1.807, 2.05) is 0 Å². The number of rotatable bonds is 2. The Kier molecular flexibility index (Phi) is 3.38. The fourth-order valence-electron chi connectivity index (χ4n) is 2.80. The number of carbonyl (C=O) groups excluding carboxylic acids is 1. The first-order chi connectivity index (χ1) is 9.69. The molecule has 3 aliphatic heterocycles. The summed E-state index contributed by atoms with van der Waals surface area (Å²) in [5.74, 6) is -2.14. The highest BCUT2D eigenvalue weighted by Crippen LogP contribution is 2.38. The predicted molar refractivity (Wildman–Crippen MR) is 68.9 cm³/mol. The van der Waals surface area contributed by atoms with Crippen LogP contribution < -0.4 is 0 Å². The van der Waals surface area contributed by atoms with E-state index in [2.05, 4.69) is 0 Å². The van der Waals surface area contributed by atoms with Crippen molar-refractivity contribution in [3.63, 3.8) is 0 Å². The van der Waals surface area contributed by atoms with Crippen molar-refractivity contribution in [2.75, 3.05) is 13.2 Å². The number of hydrogen-bond acceptors (Lipinski definition) is 7. The van der Waals surface area contributed by atoms with Gasteiger partial charge in [0.25, 0.3) is 0 Å². The lowest BCUT2D eigenvalue weighted by molar-refractivity contribution is -0.156. The molecule has 0 amide bonds. The Hall–Kier alpha value is -0.990. The molecule has 1 N–H and O–H groups in total. The second-order valence-electron chi connectivity index (χ2n) is 6.26. The van der Waals surface area contributed by atoms with Gasteiger partial charge in [-0.05, 0) is 27.7 Å². The van der Waals surface area contributed by atoms with Gasteiger partial charge in [0.05, 0.1) is 18.8 Å². The van der Waals surface area contributed by atoms with E-state index in [1.54, 1.807) is 27.7 Å². The maximum Gasteiger partial charge on any atom is 0.339 e. The summed E-state index contributed by atoms with van der Waals surface area (Å²) >= 11 is 0. The van der Waals surface area contributed by atoms with E-state index < -0.39 is 36.0 Å². The minimum absolute atomic E-state index is 0.227. The van der Waals surface area contributed by atoms with Crippen molar-refractivity contribution in [1.82, 2.24) is 0 Å². The molecule has 0 spiro atoms. The summed E-state index contributed by atoms with van der Waals surface area (Å²) in [5.41, 5.74) is 0.649. The minimum atomic E-state index is -1.33. The molecule has 118 valence electrons. The van der Waals surface area contributed by atoms with Crippen molar-refractivity contribution in [1.29, 1.82) is 0 Å². The number of cyclic esters (lactones) is 1. The molecule has 2 saturated heterocycles. The van der Waals surface area contributed by atoms with E-state index in [0.29, 0.717) is 5.57 Å². The third-order valence-electron chi connectivity index (χ3n) is 3.70. The zero-order valence-electron chi connectivity index (χ0n) is 12.5. The minimum Gasteiger partial charge on any atom is -0.428 e. The molecule has 1 unspecified atom stereocenters. The van der Waals surface area contributed by atoms with Crippen LogP contribution in [0.1, 0.15) is 27.7 Å². The number of aliphatic hydroxyl groups excluding tert-OH is 1. The van der Waals surface area contributed by atoms with E-state index in [0.717, 1.165) is 0 Å². The van der Waals surface area contributed by atoms with Crippen LogP contribution in [0.15, 0.2) is 11.1 Å². The van der Waals surface area contributed by atoms with Crippen LogP contribution in [0.2, 0.25) is 0 Å². The van der Waals surface area contributed by atoms with E-state index in [9.17, 15) is 9.90 Å². The molecule has 3 rings (SSSR count). The standard InChI is InChI=1S/C14H20O7/c1-13(2)17-5-7(20-13)9-10(12(16)19-11(9)15)8-6-18-14(3,4)21-8/h7-8,11,15H,5-6H2,1-4H3/t7-,8-,11?/m1/s1. The molecule has 0 aromatic carbocycles. The van der Waals surface area contributed by atoms with Gasteiger partial charge in [0.1, 0.15) is 12.2 Å². The van der Waals surface area contributed by atoms with Crippen LogP contribution in [0.25, 0.3) is 0 Å². The fourth-order valence-corrected chi connectivity index (χ4v) is 2.80. The SMILES string of the molecule is CC1(C)OC[C@H](C2=C([C@H]3COC(C)(C)O3)C(O)OC2=O)O1. The molecule has 7 heteroatoms. The largest absolute Gasteiger partial charge is 0.428 e. The summed E-state index contributed by atoms with van der Waals surface area (Å²) in [6.45, 7) is 7.55. The quantitative estimate of drug-likeness (QED) is 0.742. The van der Waals surface area contributed by atoms with Crippen molar-refractivity contribution in [2.24, 2.45) is 0 Å². The van der Waals surface area contributed by atoms with Gasteiger partial charge in [0.15, 0.2) is 11.6 Å². The fraction of sp³-hybridized carbons (Fsp3) is 0.786. The molecule has 0 bridgehead atoms. The van der Waals surface area contributed by atoms with Gasteiger partial charge in [-0.25, -0.2) is 4.79 Å². The van der Waals surface area contributed by atoms with Crippen LogP contribution >= 0.6 is 0 Å². The van der Waals surface area contributed by atoms with Gasteiger partial charge in [-0.15, -0.1) is 0 Å². The summed E-state index contributed by atoms with van der Waals surface area (Å²) in [6, 6.07) is 0. The van der Waals surface area contributed by atoms with Crippen LogP contribution in [0.4, 0.5) is 0 Å². The van der Waals surface area contributed by atoms with Gasteiger partial charge in [0.2, 0.25) is 6.29 Å². The Bertz CT molecular complexity index is 494. The monoisotopic (exact) mass is 300 g/mol. The van der Waals surface area contributed by atoms with Crippen LogP contribution in [0.5, 0.6) is 0 Å². The van der Waals surface area contributed by atoms with Gasteiger partial charge in [0, 0.05) is 5.57 Å². The average Bonchev–Trinajstić information content (AvgIpc) is 2.95. The second-order valence-corrected chi connectivity index (χ2v) is 6.26. The van der Waals surface area contributed by atoms with Crippen LogP contribution in [0, 0.1) is 0 Å². The number of esters is 1. The lowest BCUT2D eigenvalue weighted by Crippen LogP contribution is -2.29. The molecular formula is C14H20O7. The summed E-state index contributed by atoms with van der Waals surface area (Å²) in [5, 5.41) is 10.0. The zero-order valence-corrected chi connectivity index (χ0v) is 12.5.